The van der Waals surface area contributed by atoms with Gasteiger partial charge in [0.1, 0.15) is 0 Å². The molecule has 1 saturated heterocycles. The van der Waals surface area contributed by atoms with Crippen LogP contribution in [0.5, 0.6) is 0 Å². The molecule has 14 heavy (non-hydrogen) atoms. The van der Waals surface area contributed by atoms with Gasteiger partial charge in [-0.05, 0) is 32.7 Å². The van der Waals surface area contributed by atoms with E-state index in [0.717, 1.165) is 25.1 Å². The second-order valence-electron chi connectivity index (χ2n) is 3.80. The summed E-state index contributed by atoms with van der Waals surface area (Å²) in [6, 6.07) is 0.480. The van der Waals surface area contributed by atoms with Crippen LogP contribution in [0, 0.1) is 0 Å². The summed E-state index contributed by atoms with van der Waals surface area (Å²) in [5.41, 5.74) is 0.825. The van der Waals surface area contributed by atoms with Gasteiger partial charge in [-0.3, -0.25) is 4.79 Å². The predicted molar refractivity (Wildman–Crippen MR) is 58.1 cm³/mol. The molecule has 0 spiro atoms. The van der Waals surface area contributed by atoms with Crippen LogP contribution in [0.3, 0.4) is 0 Å². The molecule has 0 aliphatic carbocycles. The standard InChI is InChI=1S/C11H20N2O/c1-3-5-9(2)11(14)13-8-10-6-4-7-12-10/h5,10,12H,3-4,6-8H2,1-2H3,(H,13,14). The maximum atomic E-state index is 11.5. The number of hydrogen-bond donors (Lipinski definition) is 2. The molecular formula is C11H20N2O. The zero-order valence-corrected chi connectivity index (χ0v) is 9.10. The van der Waals surface area contributed by atoms with Crippen molar-refractivity contribution in [3.63, 3.8) is 0 Å². The molecule has 1 aliphatic heterocycles. The third-order valence-corrected chi connectivity index (χ3v) is 2.54. The first-order valence-corrected chi connectivity index (χ1v) is 5.42. The van der Waals surface area contributed by atoms with Crippen LogP contribution in [0.25, 0.3) is 0 Å². The average molecular weight is 196 g/mol. The highest BCUT2D eigenvalue weighted by Gasteiger charge is 2.14. The fourth-order valence-corrected chi connectivity index (χ4v) is 1.69. The minimum atomic E-state index is 0.0700. The van der Waals surface area contributed by atoms with E-state index in [0.29, 0.717) is 6.04 Å². The molecule has 3 nitrogen and oxygen atoms in total. The number of carbonyl (C=O) groups excluding carboxylic acids is 1. The molecule has 1 atom stereocenters. The lowest BCUT2D eigenvalue weighted by molar-refractivity contribution is -0.117. The van der Waals surface area contributed by atoms with Crippen molar-refractivity contribution >= 4 is 5.91 Å². The molecule has 0 radical (unpaired) electrons. The Hall–Kier alpha value is -0.830. The normalized spacial score (nSPS) is 22.4. The van der Waals surface area contributed by atoms with Gasteiger partial charge in [0, 0.05) is 18.2 Å². The first kappa shape index (κ1) is 11.2. The van der Waals surface area contributed by atoms with Gasteiger partial charge in [-0.15, -0.1) is 0 Å². The summed E-state index contributed by atoms with van der Waals surface area (Å²) in [6.45, 7) is 5.74. The van der Waals surface area contributed by atoms with E-state index < -0.39 is 0 Å². The number of rotatable bonds is 4. The van der Waals surface area contributed by atoms with Gasteiger partial charge in [0.05, 0.1) is 0 Å². The van der Waals surface area contributed by atoms with Gasteiger partial charge in [0.25, 0.3) is 0 Å². The zero-order chi connectivity index (χ0) is 10.4. The molecule has 1 heterocycles. The molecule has 1 amide bonds. The summed E-state index contributed by atoms with van der Waals surface area (Å²) in [5.74, 6) is 0.0700. The Kier molecular flexibility index (Phi) is 4.66. The van der Waals surface area contributed by atoms with Crippen molar-refractivity contribution in [1.29, 1.82) is 0 Å². The molecular weight excluding hydrogens is 176 g/mol. The minimum Gasteiger partial charge on any atom is -0.351 e. The monoisotopic (exact) mass is 196 g/mol. The van der Waals surface area contributed by atoms with Crippen LogP contribution in [-0.4, -0.2) is 25.0 Å². The molecule has 1 fully saturated rings. The minimum absolute atomic E-state index is 0.0700. The summed E-state index contributed by atoms with van der Waals surface area (Å²) >= 11 is 0. The van der Waals surface area contributed by atoms with Crippen molar-refractivity contribution in [2.24, 2.45) is 0 Å². The van der Waals surface area contributed by atoms with E-state index in [1.807, 2.05) is 19.9 Å². The Morgan fingerprint density at radius 2 is 2.43 bits per heavy atom. The second-order valence-corrected chi connectivity index (χ2v) is 3.80. The van der Waals surface area contributed by atoms with E-state index in [2.05, 4.69) is 10.6 Å². The number of carbonyl (C=O) groups is 1. The highest BCUT2D eigenvalue weighted by molar-refractivity contribution is 5.92. The van der Waals surface area contributed by atoms with E-state index in [1.54, 1.807) is 0 Å². The molecule has 2 N–H and O–H groups in total. The zero-order valence-electron chi connectivity index (χ0n) is 9.10. The Bertz CT molecular complexity index is 217. The fraction of sp³-hybridized carbons (Fsp3) is 0.727. The SMILES string of the molecule is CCC=C(C)C(=O)NCC1CCCN1. The van der Waals surface area contributed by atoms with Crippen LogP contribution in [0.2, 0.25) is 0 Å². The van der Waals surface area contributed by atoms with Gasteiger partial charge in [0.15, 0.2) is 0 Å². The van der Waals surface area contributed by atoms with Gasteiger partial charge in [0.2, 0.25) is 5.91 Å². The number of allylic oxidation sites excluding steroid dienone is 1. The van der Waals surface area contributed by atoms with Crippen LogP contribution in [0.4, 0.5) is 0 Å². The van der Waals surface area contributed by atoms with Crippen LogP contribution >= 0.6 is 0 Å². The van der Waals surface area contributed by atoms with Crippen molar-refractivity contribution in [2.75, 3.05) is 13.1 Å². The van der Waals surface area contributed by atoms with Gasteiger partial charge in [-0.2, -0.15) is 0 Å². The van der Waals surface area contributed by atoms with Crippen molar-refractivity contribution < 1.29 is 4.79 Å². The Morgan fingerprint density at radius 3 is 3.00 bits per heavy atom. The smallest absolute Gasteiger partial charge is 0.246 e. The first-order valence-electron chi connectivity index (χ1n) is 5.42. The highest BCUT2D eigenvalue weighted by atomic mass is 16.1. The van der Waals surface area contributed by atoms with Gasteiger partial charge in [-0.25, -0.2) is 0 Å². The summed E-state index contributed by atoms with van der Waals surface area (Å²) in [6.07, 6.45) is 5.28. The van der Waals surface area contributed by atoms with Crippen LogP contribution in [0.1, 0.15) is 33.1 Å². The molecule has 1 aliphatic rings. The third-order valence-electron chi connectivity index (χ3n) is 2.54. The molecule has 0 aromatic rings. The summed E-state index contributed by atoms with van der Waals surface area (Å²) in [7, 11) is 0. The summed E-state index contributed by atoms with van der Waals surface area (Å²) in [5, 5.41) is 6.29. The summed E-state index contributed by atoms with van der Waals surface area (Å²) in [4.78, 5) is 11.5. The van der Waals surface area contributed by atoms with E-state index in [1.165, 1.54) is 12.8 Å². The topological polar surface area (TPSA) is 41.1 Å². The summed E-state index contributed by atoms with van der Waals surface area (Å²) < 4.78 is 0. The van der Waals surface area contributed by atoms with Crippen LogP contribution in [-0.2, 0) is 4.79 Å². The average Bonchev–Trinajstić information content (AvgIpc) is 2.67. The second kappa shape index (κ2) is 5.81. The molecule has 80 valence electrons. The first-order chi connectivity index (χ1) is 6.74. The van der Waals surface area contributed by atoms with E-state index in [4.69, 9.17) is 0 Å². The lowest BCUT2D eigenvalue weighted by Crippen LogP contribution is -2.37. The molecule has 1 unspecified atom stereocenters. The Morgan fingerprint density at radius 1 is 1.64 bits per heavy atom. The lowest BCUT2D eigenvalue weighted by Gasteiger charge is -2.11. The predicted octanol–water partition coefficient (Wildman–Crippen LogP) is 1.21. The molecule has 1 rings (SSSR count). The van der Waals surface area contributed by atoms with Crippen LogP contribution < -0.4 is 10.6 Å². The maximum Gasteiger partial charge on any atom is 0.246 e. The van der Waals surface area contributed by atoms with Gasteiger partial charge in [-0.1, -0.05) is 13.0 Å². The fourth-order valence-electron chi connectivity index (χ4n) is 1.69. The quantitative estimate of drug-likeness (QED) is 0.664. The molecule has 3 heteroatoms. The van der Waals surface area contributed by atoms with Gasteiger partial charge >= 0.3 is 0 Å². The van der Waals surface area contributed by atoms with Crippen molar-refractivity contribution in [1.82, 2.24) is 10.6 Å². The number of amides is 1. The van der Waals surface area contributed by atoms with E-state index >= 15 is 0 Å². The van der Waals surface area contributed by atoms with E-state index in [-0.39, 0.29) is 5.91 Å². The largest absolute Gasteiger partial charge is 0.351 e. The van der Waals surface area contributed by atoms with Crippen molar-refractivity contribution in [2.45, 2.75) is 39.2 Å². The van der Waals surface area contributed by atoms with Gasteiger partial charge < -0.3 is 10.6 Å². The highest BCUT2D eigenvalue weighted by Crippen LogP contribution is 2.03. The molecule has 0 saturated carbocycles. The lowest BCUT2D eigenvalue weighted by atomic mass is 10.2. The maximum absolute atomic E-state index is 11.5. The van der Waals surface area contributed by atoms with Crippen LogP contribution in [0.15, 0.2) is 11.6 Å². The molecule has 0 aromatic carbocycles. The van der Waals surface area contributed by atoms with Crippen molar-refractivity contribution in [3.8, 4) is 0 Å². The Labute approximate surface area is 86.0 Å². The van der Waals surface area contributed by atoms with Crippen molar-refractivity contribution in [3.05, 3.63) is 11.6 Å². The number of nitrogens with one attached hydrogen (secondary N) is 2. The number of hydrogen-bond acceptors (Lipinski definition) is 2. The third kappa shape index (κ3) is 3.50. The molecule has 0 aromatic heterocycles. The molecule has 0 bridgehead atoms. The van der Waals surface area contributed by atoms with E-state index in [9.17, 15) is 4.79 Å². The Balaban J connectivity index is 2.23.